The van der Waals surface area contributed by atoms with E-state index in [0.29, 0.717) is 18.3 Å². The lowest BCUT2D eigenvalue weighted by atomic mass is 10.2. The maximum absolute atomic E-state index is 8.94. The summed E-state index contributed by atoms with van der Waals surface area (Å²) < 4.78 is 5.17. The van der Waals surface area contributed by atoms with Gasteiger partial charge in [0.05, 0.1) is 6.61 Å². The number of ether oxygens (including phenoxy) is 1. The Morgan fingerprint density at radius 1 is 1.63 bits per heavy atom. The minimum atomic E-state index is 0.458. The zero-order valence-corrected chi connectivity index (χ0v) is 11.3. The molecule has 1 aliphatic rings. The number of pyridine rings is 1. The van der Waals surface area contributed by atoms with Gasteiger partial charge in [-0.1, -0.05) is 0 Å². The minimum absolute atomic E-state index is 0.458. The molecule has 0 aliphatic carbocycles. The molecule has 1 unspecified atom stereocenters. The largest absolute Gasteiger partial charge is 0.383 e. The molecule has 19 heavy (non-hydrogen) atoms. The third-order valence-electron chi connectivity index (χ3n) is 3.39. The number of rotatable bonds is 6. The lowest BCUT2D eigenvalue weighted by Gasteiger charge is -2.27. The molecule has 0 saturated carbocycles. The predicted molar refractivity (Wildman–Crippen MR) is 74.1 cm³/mol. The van der Waals surface area contributed by atoms with E-state index in [1.54, 1.807) is 13.3 Å². The number of nitriles is 1. The van der Waals surface area contributed by atoms with Crippen LogP contribution in [0.3, 0.4) is 0 Å². The summed E-state index contributed by atoms with van der Waals surface area (Å²) in [6.07, 6.45) is 4.14. The van der Waals surface area contributed by atoms with E-state index in [9.17, 15) is 0 Å². The molecule has 0 bridgehead atoms. The monoisotopic (exact) mass is 260 g/mol. The number of nitrogens with zero attached hydrogens (tertiary/aromatic N) is 3. The molecule has 2 heterocycles. The van der Waals surface area contributed by atoms with Crippen LogP contribution >= 0.6 is 0 Å². The number of hydrogen-bond donors (Lipinski definition) is 1. The Kier molecular flexibility index (Phi) is 5.13. The smallest absolute Gasteiger partial charge is 0.142 e. The Hall–Kier alpha value is -1.64. The number of anilines is 1. The number of methoxy groups -OCH3 is 1. The molecule has 2 rings (SSSR count). The van der Waals surface area contributed by atoms with Crippen LogP contribution in [0.5, 0.6) is 0 Å². The van der Waals surface area contributed by atoms with Gasteiger partial charge in [0, 0.05) is 38.1 Å². The van der Waals surface area contributed by atoms with E-state index in [2.05, 4.69) is 21.3 Å². The highest BCUT2D eigenvalue weighted by Gasteiger charge is 2.18. The highest BCUT2D eigenvalue weighted by molar-refractivity contribution is 5.49. The maximum Gasteiger partial charge on any atom is 0.142 e. The van der Waals surface area contributed by atoms with Crippen LogP contribution in [0.4, 0.5) is 5.69 Å². The Balaban J connectivity index is 2.08. The van der Waals surface area contributed by atoms with Crippen molar-refractivity contribution >= 4 is 5.69 Å². The quantitative estimate of drug-likeness (QED) is 0.831. The topological polar surface area (TPSA) is 61.2 Å². The van der Waals surface area contributed by atoms with Gasteiger partial charge in [0.25, 0.3) is 0 Å². The lowest BCUT2D eigenvalue weighted by Crippen LogP contribution is -2.39. The molecule has 5 heteroatoms. The second kappa shape index (κ2) is 7.07. The van der Waals surface area contributed by atoms with Crippen molar-refractivity contribution in [1.82, 2.24) is 10.3 Å². The summed E-state index contributed by atoms with van der Waals surface area (Å²) in [5.41, 5.74) is 1.50. The fourth-order valence-electron chi connectivity index (χ4n) is 2.38. The fourth-order valence-corrected chi connectivity index (χ4v) is 2.38. The summed E-state index contributed by atoms with van der Waals surface area (Å²) in [5, 5.41) is 12.4. The van der Waals surface area contributed by atoms with E-state index in [-0.39, 0.29) is 0 Å². The number of aromatic nitrogens is 1. The van der Waals surface area contributed by atoms with Gasteiger partial charge in [0.1, 0.15) is 11.8 Å². The summed E-state index contributed by atoms with van der Waals surface area (Å²) in [7, 11) is 1.71. The predicted octanol–water partition coefficient (Wildman–Crippen LogP) is 1.16. The molecular weight excluding hydrogens is 240 g/mol. The van der Waals surface area contributed by atoms with Gasteiger partial charge in [-0.25, -0.2) is 4.98 Å². The molecule has 0 aromatic carbocycles. The molecule has 1 aromatic heterocycles. The maximum atomic E-state index is 8.94. The second-order valence-electron chi connectivity index (χ2n) is 4.74. The van der Waals surface area contributed by atoms with Gasteiger partial charge in [0.2, 0.25) is 0 Å². The summed E-state index contributed by atoms with van der Waals surface area (Å²) in [6, 6.07) is 6.40. The second-order valence-corrected chi connectivity index (χ2v) is 4.74. The Bertz CT molecular complexity index is 437. The summed E-state index contributed by atoms with van der Waals surface area (Å²) in [6.45, 7) is 3.54. The molecule has 1 fully saturated rings. The third-order valence-corrected chi connectivity index (χ3v) is 3.39. The summed E-state index contributed by atoms with van der Waals surface area (Å²) in [4.78, 5) is 6.28. The van der Waals surface area contributed by atoms with Gasteiger partial charge in [-0.2, -0.15) is 5.26 Å². The van der Waals surface area contributed by atoms with Crippen molar-refractivity contribution in [3.8, 4) is 6.07 Å². The van der Waals surface area contributed by atoms with Gasteiger partial charge in [0.15, 0.2) is 0 Å². The van der Waals surface area contributed by atoms with Crippen molar-refractivity contribution in [2.75, 3.05) is 38.3 Å². The molecular formula is C14H20N4O. The average molecular weight is 260 g/mol. The Morgan fingerprint density at radius 2 is 2.53 bits per heavy atom. The first kappa shape index (κ1) is 13.8. The first-order valence-electron chi connectivity index (χ1n) is 6.67. The third kappa shape index (κ3) is 3.91. The van der Waals surface area contributed by atoms with Crippen LogP contribution < -0.4 is 10.2 Å². The van der Waals surface area contributed by atoms with Gasteiger partial charge >= 0.3 is 0 Å². The van der Waals surface area contributed by atoms with Crippen molar-refractivity contribution in [3.63, 3.8) is 0 Å². The van der Waals surface area contributed by atoms with Crippen molar-refractivity contribution in [3.05, 3.63) is 24.0 Å². The molecule has 1 N–H and O–H groups in total. The zero-order valence-electron chi connectivity index (χ0n) is 11.3. The first-order valence-corrected chi connectivity index (χ1v) is 6.67. The molecule has 1 aliphatic heterocycles. The molecule has 5 nitrogen and oxygen atoms in total. The molecule has 0 spiro atoms. The summed E-state index contributed by atoms with van der Waals surface area (Å²) in [5.74, 6) is 0. The van der Waals surface area contributed by atoms with Crippen LogP contribution in [0.1, 0.15) is 18.5 Å². The molecule has 1 saturated heterocycles. The van der Waals surface area contributed by atoms with Crippen LogP contribution in [0.2, 0.25) is 0 Å². The van der Waals surface area contributed by atoms with E-state index in [0.717, 1.165) is 25.3 Å². The van der Waals surface area contributed by atoms with Gasteiger partial charge in [-0.3, -0.25) is 0 Å². The molecule has 102 valence electrons. The Labute approximate surface area is 114 Å². The molecule has 0 amide bonds. The minimum Gasteiger partial charge on any atom is -0.383 e. The van der Waals surface area contributed by atoms with E-state index in [1.165, 1.54) is 12.8 Å². The van der Waals surface area contributed by atoms with Crippen molar-refractivity contribution < 1.29 is 4.74 Å². The number of hydrogen-bond acceptors (Lipinski definition) is 5. The van der Waals surface area contributed by atoms with Crippen molar-refractivity contribution in [2.24, 2.45) is 0 Å². The van der Waals surface area contributed by atoms with Crippen molar-refractivity contribution in [1.29, 1.82) is 5.26 Å². The average Bonchev–Trinajstić information content (AvgIpc) is 2.96. The van der Waals surface area contributed by atoms with E-state index >= 15 is 0 Å². The number of nitrogens with one attached hydrogen (secondary N) is 1. The standard InChI is InChI=1S/C14H20N4O/c1-19-8-7-18(11-12-3-2-5-16-12)14-4-6-17-13(9-14)10-15/h4,6,9,12,16H,2-3,5,7-8,11H2,1H3. The normalized spacial score (nSPS) is 18.2. The van der Waals surface area contributed by atoms with E-state index < -0.39 is 0 Å². The molecule has 0 radical (unpaired) electrons. The molecule has 1 atom stereocenters. The van der Waals surface area contributed by atoms with Crippen LogP contribution in [0.25, 0.3) is 0 Å². The molecule has 1 aromatic rings. The van der Waals surface area contributed by atoms with Crippen LogP contribution in [0.15, 0.2) is 18.3 Å². The highest BCUT2D eigenvalue weighted by atomic mass is 16.5. The van der Waals surface area contributed by atoms with Gasteiger partial charge < -0.3 is 15.0 Å². The Morgan fingerprint density at radius 3 is 3.21 bits per heavy atom. The van der Waals surface area contributed by atoms with Crippen molar-refractivity contribution in [2.45, 2.75) is 18.9 Å². The van der Waals surface area contributed by atoms with Crippen LogP contribution in [0, 0.1) is 11.3 Å². The SMILES string of the molecule is COCCN(CC1CCCN1)c1ccnc(C#N)c1. The van der Waals surface area contributed by atoms with Crippen LogP contribution in [-0.4, -0.2) is 44.4 Å². The first-order chi connectivity index (χ1) is 9.33. The van der Waals surface area contributed by atoms with Crippen LogP contribution in [-0.2, 0) is 4.74 Å². The van der Waals surface area contributed by atoms with Gasteiger partial charge in [-0.15, -0.1) is 0 Å². The highest BCUT2D eigenvalue weighted by Crippen LogP contribution is 2.17. The fraction of sp³-hybridized carbons (Fsp3) is 0.571. The lowest BCUT2D eigenvalue weighted by molar-refractivity contribution is 0.204. The summed E-state index contributed by atoms with van der Waals surface area (Å²) >= 11 is 0. The van der Waals surface area contributed by atoms with Gasteiger partial charge in [-0.05, 0) is 31.5 Å². The van der Waals surface area contributed by atoms with E-state index in [1.807, 2.05) is 12.1 Å². The zero-order chi connectivity index (χ0) is 13.5. The van der Waals surface area contributed by atoms with E-state index in [4.69, 9.17) is 10.00 Å².